The summed E-state index contributed by atoms with van der Waals surface area (Å²) < 4.78 is 18.1. The molecule has 94 valence electrons. The second kappa shape index (κ2) is 5.61. The molecule has 1 rings (SSSR count). The molecule has 0 unspecified atom stereocenters. The molecule has 1 aromatic carbocycles. The Balaban J connectivity index is 2.71. The minimum Gasteiger partial charge on any atom is -0.379 e. The Bertz CT molecular complexity index is 416. The molecule has 0 spiro atoms. The van der Waals surface area contributed by atoms with Gasteiger partial charge < -0.3 is 4.74 Å². The highest BCUT2D eigenvalue weighted by molar-refractivity contribution is 6.33. The average molecular weight is 259 g/mol. The zero-order chi connectivity index (χ0) is 13.1. The zero-order valence-electron chi connectivity index (χ0n) is 10.2. The van der Waals surface area contributed by atoms with Crippen LogP contribution in [0.15, 0.2) is 18.2 Å². The number of halogens is 2. The van der Waals surface area contributed by atoms with E-state index in [1.54, 1.807) is 7.11 Å². The fourth-order valence-corrected chi connectivity index (χ4v) is 1.64. The predicted octanol–water partition coefficient (Wildman–Crippen LogP) is 3.87. The van der Waals surface area contributed by atoms with Crippen LogP contribution in [0.25, 0.3) is 0 Å². The van der Waals surface area contributed by atoms with Crippen molar-refractivity contribution < 1.29 is 13.9 Å². The van der Waals surface area contributed by atoms with Crippen LogP contribution >= 0.6 is 11.6 Å². The van der Waals surface area contributed by atoms with E-state index < -0.39 is 5.82 Å². The Morgan fingerprint density at radius 3 is 2.65 bits per heavy atom. The second-order valence-electron chi connectivity index (χ2n) is 4.51. The van der Waals surface area contributed by atoms with Gasteiger partial charge in [-0.3, -0.25) is 4.79 Å². The first-order valence-corrected chi connectivity index (χ1v) is 5.77. The minimum absolute atomic E-state index is 0.0971. The van der Waals surface area contributed by atoms with E-state index in [-0.39, 0.29) is 16.4 Å². The number of ketones is 1. The van der Waals surface area contributed by atoms with Crippen LogP contribution < -0.4 is 0 Å². The monoisotopic (exact) mass is 258 g/mol. The van der Waals surface area contributed by atoms with Crippen LogP contribution in [-0.4, -0.2) is 18.5 Å². The third-order valence-corrected chi connectivity index (χ3v) is 3.05. The molecule has 0 aliphatic rings. The van der Waals surface area contributed by atoms with Crippen LogP contribution in [0, 0.1) is 5.82 Å². The molecule has 2 nitrogen and oxygen atoms in total. The molecule has 0 saturated carbocycles. The summed E-state index contributed by atoms with van der Waals surface area (Å²) in [5.41, 5.74) is 0.0160. The van der Waals surface area contributed by atoms with E-state index in [9.17, 15) is 9.18 Å². The maximum Gasteiger partial charge on any atom is 0.164 e. The van der Waals surface area contributed by atoms with E-state index in [0.717, 1.165) is 6.07 Å². The summed E-state index contributed by atoms with van der Waals surface area (Å²) in [6, 6.07) is 3.80. The van der Waals surface area contributed by atoms with Gasteiger partial charge >= 0.3 is 0 Å². The number of rotatable bonds is 5. The smallest absolute Gasteiger partial charge is 0.164 e. The average Bonchev–Trinajstić information content (AvgIpc) is 2.26. The summed E-state index contributed by atoms with van der Waals surface area (Å²) in [5, 5.41) is 0.158. The van der Waals surface area contributed by atoms with Gasteiger partial charge in [0, 0.05) is 19.1 Å². The molecular weight excluding hydrogens is 243 g/mol. The maximum absolute atomic E-state index is 12.8. The van der Waals surface area contributed by atoms with Crippen LogP contribution in [0.5, 0.6) is 0 Å². The number of benzene rings is 1. The lowest BCUT2D eigenvalue weighted by atomic mass is 9.98. The third kappa shape index (κ3) is 4.10. The fourth-order valence-electron chi connectivity index (χ4n) is 1.37. The van der Waals surface area contributed by atoms with Gasteiger partial charge in [0.05, 0.1) is 10.6 Å². The maximum atomic E-state index is 12.8. The fraction of sp³-hybridized carbons (Fsp3) is 0.462. The summed E-state index contributed by atoms with van der Waals surface area (Å²) in [4.78, 5) is 11.9. The SMILES string of the molecule is COC(C)(C)CCC(=O)c1ccc(F)cc1Cl. The number of hydrogen-bond donors (Lipinski definition) is 0. The van der Waals surface area contributed by atoms with E-state index >= 15 is 0 Å². The number of hydrogen-bond acceptors (Lipinski definition) is 2. The van der Waals surface area contributed by atoms with E-state index in [2.05, 4.69) is 0 Å². The molecule has 0 N–H and O–H groups in total. The van der Waals surface area contributed by atoms with Gasteiger partial charge in [0.2, 0.25) is 0 Å². The summed E-state index contributed by atoms with van der Waals surface area (Å²) in [5.74, 6) is -0.538. The van der Waals surface area contributed by atoms with Gasteiger partial charge in [-0.2, -0.15) is 0 Å². The van der Waals surface area contributed by atoms with Gasteiger partial charge in [0.25, 0.3) is 0 Å². The first kappa shape index (κ1) is 14.1. The molecule has 0 bridgehead atoms. The van der Waals surface area contributed by atoms with Crippen molar-refractivity contribution in [1.29, 1.82) is 0 Å². The minimum atomic E-state index is -0.441. The molecule has 0 aliphatic carbocycles. The number of Topliss-reactive ketones (excluding diaryl/α,β-unsaturated/α-hetero) is 1. The Labute approximate surface area is 106 Å². The number of methoxy groups -OCH3 is 1. The highest BCUT2D eigenvalue weighted by atomic mass is 35.5. The second-order valence-corrected chi connectivity index (χ2v) is 4.92. The van der Waals surface area contributed by atoms with Crippen molar-refractivity contribution in [3.63, 3.8) is 0 Å². The normalized spacial score (nSPS) is 11.6. The lowest BCUT2D eigenvalue weighted by Gasteiger charge is -2.22. The summed E-state index contributed by atoms with van der Waals surface area (Å²) in [6.07, 6.45) is 0.919. The lowest BCUT2D eigenvalue weighted by Crippen LogP contribution is -2.23. The summed E-state index contributed by atoms with van der Waals surface area (Å²) >= 11 is 5.82. The molecule has 0 amide bonds. The van der Waals surface area contributed by atoms with Crippen LogP contribution in [0.1, 0.15) is 37.0 Å². The summed E-state index contributed by atoms with van der Waals surface area (Å²) in [7, 11) is 1.61. The topological polar surface area (TPSA) is 26.3 Å². The molecule has 17 heavy (non-hydrogen) atoms. The highest BCUT2D eigenvalue weighted by Gasteiger charge is 2.19. The van der Waals surface area contributed by atoms with Crippen LogP contribution in [0.3, 0.4) is 0 Å². The Kier molecular flexibility index (Phi) is 4.66. The molecule has 1 aromatic rings. The van der Waals surface area contributed by atoms with Crippen molar-refractivity contribution in [3.05, 3.63) is 34.6 Å². The largest absolute Gasteiger partial charge is 0.379 e. The molecule has 4 heteroatoms. The molecule has 0 aliphatic heterocycles. The van der Waals surface area contributed by atoms with Gasteiger partial charge in [-0.05, 0) is 38.5 Å². The van der Waals surface area contributed by atoms with Gasteiger partial charge in [-0.1, -0.05) is 11.6 Å². The van der Waals surface area contributed by atoms with Crippen molar-refractivity contribution in [3.8, 4) is 0 Å². The lowest BCUT2D eigenvalue weighted by molar-refractivity contribution is 0.0141. The van der Waals surface area contributed by atoms with Gasteiger partial charge in [0.15, 0.2) is 5.78 Å². The van der Waals surface area contributed by atoms with Gasteiger partial charge in [-0.25, -0.2) is 4.39 Å². The molecule has 0 fully saturated rings. The van der Waals surface area contributed by atoms with E-state index in [1.807, 2.05) is 13.8 Å². The Morgan fingerprint density at radius 2 is 2.12 bits per heavy atom. The number of carbonyl (C=O) groups excluding carboxylic acids is 1. The quantitative estimate of drug-likeness (QED) is 0.750. The zero-order valence-corrected chi connectivity index (χ0v) is 11.0. The van der Waals surface area contributed by atoms with Crippen LogP contribution in [0.4, 0.5) is 4.39 Å². The van der Waals surface area contributed by atoms with Crippen molar-refractivity contribution >= 4 is 17.4 Å². The number of carbonyl (C=O) groups is 1. The predicted molar refractivity (Wildman–Crippen MR) is 66.1 cm³/mol. The highest BCUT2D eigenvalue weighted by Crippen LogP contribution is 2.22. The first-order chi connectivity index (χ1) is 7.85. The molecule has 0 atom stereocenters. The Hall–Kier alpha value is -0.930. The molecule has 0 radical (unpaired) electrons. The number of ether oxygens (including phenoxy) is 1. The Morgan fingerprint density at radius 1 is 1.47 bits per heavy atom. The summed E-state index contributed by atoms with van der Waals surface area (Å²) in [6.45, 7) is 3.82. The van der Waals surface area contributed by atoms with Crippen molar-refractivity contribution in [2.24, 2.45) is 0 Å². The van der Waals surface area contributed by atoms with E-state index in [0.29, 0.717) is 18.4 Å². The molecular formula is C13H16ClFO2. The van der Waals surface area contributed by atoms with Gasteiger partial charge in [-0.15, -0.1) is 0 Å². The van der Waals surface area contributed by atoms with Gasteiger partial charge in [0.1, 0.15) is 5.82 Å². The van der Waals surface area contributed by atoms with Crippen LogP contribution in [0.2, 0.25) is 5.02 Å². The standard InChI is InChI=1S/C13H16ClFO2/c1-13(2,17-3)7-6-12(16)10-5-4-9(15)8-11(10)14/h4-5,8H,6-7H2,1-3H3. The van der Waals surface area contributed by atoms with Crippen molar-refractivity contribution in [2.75, 3.05) is 7.11 Å². The van der Waals surface area contributed by atoms with Crippen molar-refractivity contribution in [1.82, 2.24) is 0 Å². The van der Waals surface area contributed by atoms with Crippen molar-refractivity contribution in [2.45, 2.75) is 32.3 Å². The molecule has 0 saturated heterocycles. The first-order valence-electron chi connectivity index (χ1n) is 5.39. The molecule has 0 heterocycles. The molecule has 0 aromatic heterocycles. The van der Waals surface area contributed by atoms with Crippen LogP contribution in [-0.2, 0) is 4.74 Å². The van der Waals surface area contributed by atoms with E-state index in [1.165, 1.54) is 12.1 Å². The van der Waals surface area contributed by atoms with E-state index in [4.69, 9.17) is 16.3 Å². The third-order valence-electron chi connectivity index (χ3n) is 2.74.